The molecular weight excluding hydrogens is 478 g/mol. The fourth-order valence-corrected chi connectivity index (χ4v) is 9.29. The van der Waals surface area contributed by atoms with Crippen molar-refractivity contribution >= 4 is 5.91 Å². The van der Waals surface area contributed by atoms with Crippen LogP contribution in [0.3, 0.4) is 0 Å². The Kier molecular flexibility index (Phi) is 7.09. The summed E-state index contributed by atoms with van der Waals surface area (Å²) in [5.74, 6) is 7.66. The van der Waals surface area contributed by atoms with Crippen LogP contribution in [-0.2, 0) is 11.3 Å². The molecule has 1 N–H and O–H groups in total. The van der Waals surface area contributed by atoms with Gasteiger partial charge in [-0.15, -0.1) is 0 Å². The van der Waals surface area contributed by atoms with Crippen LogP contribution < -0.4 is 10.1 Å². The van der Waals surface area contributed by atoms with Gasteiger partial charge in [0, 0.05) is 23.9 Å². The monoisotopic (exact) mass is 521 g/mol. The number of allylic oxidation sites excluding steroid dienone is 4. The molecule has 0 bridgehead atoms. The highest BCUT2D eigenvalue weighted by atomic mass is 16.5. The molecule has 5 aliphatic carbocycles. The third kappa shape index (κ3) is 4.98. The zero-order valence-electron chi connectivity index (χ0n) is 23.1. The van der Waals surface area contributed by atoms with Gasteiger partial charge in [0.1, 0.15) is 11.5 Å². The maximum absolute atomic E-state index is 13.5. The quantitative estimate of drug-likeness (QED) is 0.401. The van der Waals surface area contributed by atoms with Crippen molar-refractivity contribution < 1.29 is 9.53 Å². The van der Waals surface area contributed by atoms with Gasteiger partial charge in [-0.05, 0) is 118 Å². The summed E-state index contributed by atoms with van der Waals surface area (Å²) in [4.78, 5) is 13.5. The molecule has 39 heavy (non-hydrogen) atoms. The van der Waals surface area contributed by atoms with Crippen molar-refractivity contribution in [3.05, 3.63) is 84.0 Å². The van der Waals surface area contributed by atoms with Gasteiger partial charge >= 0.3 is 0 Å². The van der Waals surface area contributed by atoms with Crippen LogP contribution in [0.25, 0.3) is 0 Å². The third-order valence-corrected chi connectivity index (χ3v) is 11.1. The molecule has 3 nitrogen and oxygen atoms in total. The molecular formula is C36H43NO2. The molecule has 3 heteroatoms. The van der Waals surface area contributed by atoms with Crippen molar-refractivity contribution in [2.75, 3.05) is 0 Å². The van der Waals surface area contributed by atoms with Gasteiger partial charge in [0.15, 0.2) is 0 Å². The van der Waals surface area contributed by atoms with Crippen LogP contribution in [0, 0.1) is 47.3 Å². The van der Waals surface area contributed by atoms with E-state index in [2.05, 4.69) is 29.6 Å². The van der Waals surface area contributed by atoms with E-state index in [1.165, 1.54) is 51.4 Å². The molecule has 7 rings (SSSR count). The summed E-state index contributed by atoms with van der Waals surface area (Å²) in [6.45, 7) is 0.517. The first-order chi connectivity index (χ1) is 19.2. The summed E-state index contributed by atoms with van der Waals surface area (Å²) in [6.07, 6.45) is 20.6. The minimum Gasteiger partial charge on any atom is -0.457 e. The number of nitrogens with one attached hydrogen (secondary N) is 1. The van der Waals surface area contributed by atoms with Crippen LogP contribution in [0.5, 0.6) is 11.5 Å². The molecule has 0 heterocycles. The number of fused-ring (bicyclic) bond motifs is 7. The molecule has 1 amide bonds. The molecule has 0 aromatic heterocycles. The lowest BCUT2D eigenvalue weighted by molar-refractivity contribution is -0.128. The van der Waals surface area contributed by atoms with E-state index < -0.39 is 0 Å². The van der Waals surface area contributed by atoms with E-state index in [0.29, 0.717) is 6.54 Å². The molecule has 2 aromatic rings. The van der Waals surface area contributed by atoms with Gasteiger partial charge in [-0.1, -0.05) is 60.2 Å². The molecule has 0 spiro atoms. The summed E-state index contributed by atoms with van der Waals surface area (Å²) < 4.78 is 6.13. The van der Waals surface area contributed by atoms with E-state index in [1.807, 2.05) is 54.1 Å². The molecule has 2 aromatic carbocycles. The maximum atomic E-state index is 13.5. The lowest BCUT2D eigenvalue weighted by Gasteiger charge is -2.54. The van der Waals surface area contributed by atoms with Gasteiger partial charge in [0.2, 0.25) is 5.91 Å². The van der Waals surface area contributed by atoms with Gasteiger partial charge < -0.3 is 10.1 Å². The van der Waals surface area contributed by atoms with Crippen molar-refractivity contribution in [1.29, 1.82) is 0 Å². The van der Waals surface area contributed by atoms with Gasteiger partial charge in [0.05, 0.1) is 0 Å². The average molecular weight is 522 g/mol. The standard InChI is InChI=1S/C36H43NO2/c38-36(37-23-27-9-5-7-13-35(27)39-28-10-2-1-3-11-28)26-15-14-25-17-19-32-31-18-16-24-8-4-6-12-29(24)30(31)20-21-33(32)34(25)22-26/h1-3,5-7,9-13,20,24-26,29,31-34H,4,8,14-19,21-23H2,(H,37,38). The number of rotatable bonds is 5. The van der Waals surface area contributed by atoms with E-state index in [0.717, 1.165) is 71.3 Å². The van der Waals surface area contributed by atoms with E-state index in [4.69, 9.17) is 4.74 Å². The van der Waals surface area contributed by atoms with E-state index in [-0.39, 0.29) is 11.8 Å². The Labute approximate surface area is 234 Å². The minimum absolute atomic E-state index is 0.148. The Hall–Kier alpha value is -2.81. The number of para-hydroxylation sites is 2. The second kappa shape index (κ2) is 11.0. The number of carbonyl (C=O) groups excluding carboxylic acids is 1. The summed E-state index contributed by atoms with van der Waals surface area (Å²) in [5.41, 5.74) is 2.84. The molecule has 0 saturated heterocycles. The van der Waals surface area contributed by atoms with E-state index >= 15 is 0 Å². The van der Waals surface area contributed by atoms with Crippen molar-refractivity contribution in [3.63, 3.8) is 0 Å². The predicted molar refractivity (Wildman–Crippen MR) is 156 cm³/mol. The summed E-state index contributed by atoms with van der Waals surface area (Å²) in [5, 5.41) is 3.30. The van der Waals surface area contributed by atoms with Gasteiger partial charge in [-0.25, -0.2) is 0 Å². The zero-order chi connectivity index (χ0) is 26.2. The first-order valence-electron chi connectivity index (χ1n) is 15.7. The number of carbonyl (C=O) groups is 1. The Morgan fingerprint density at radius 2 is 1.64 bits per heavy atom. The highest BCUT2D eigenvalue weighted by molar-refractivity contribution is 5.78. The van der Waals surface area contributed by atoms with Crippen LogP contribution in [0.15, 0.2) is 78.4 Å². The minimum atomic E-state index is 0.148. The summed E-state index contributed by atoms with van der Waals surface area (Å²) >= 11 is 0. The lowest BCUT2D eigenvalue weighted by atomic mass is 9.51. The van der Waals surface area contributed by atoms with E-state index in [9.17, 15) is 4.79 Å². The summed E-state index contributed by atoms with van der Waals surface area (Å²) in [7, 11) is 0. The normalized spacial score (nSPS) is 34.9. The number of amides is 1. The number of hydrogen-bond acceptors (Lipinski definition) is 2. The Bertz CT molecular complexity index is 1230. The number of benzene rings is 2. The average Bonchev–Trinajstić information content (AvgIpc) is 3.00. The lowest BCUT2D eigenvalue weighted by Crippen LogP contribution is -2.47. The Morgan fingerprint density at radius 1 is 0.821 bits per heavy atom. The van der Waals surface area contributed by atoms with Crippen LogP contribution in [0.1, 0.15) is 69.8 Å². The van der Waals surface area contributed by atoms with Crippen molar-refractivity contribution in [2.45, 2.75) is 70.8 Å². The fraction of sp³-hybridized carbons (Fsp3) is 0.528. The highest BCUT2D eigenvalue weighted by Gasteiger charge is 2.49. The maximum Gasteiger partial charge on any atom is 0.223 e. The number of ether oxygens (including phenoxy) is 1. The smallest absolute Gasteiger partial charge is 0.223 e. The first-order valence-corrected chi connectivity index (χ1v) is 15.7. The van der Waals surface area contributed by atoms with E-state index in [1.54, 1.807) is 0 Å². The summed E-state index contributed by atoms with van der Waals surface area (Å²) in [6, 6.07) is 17.9. The largest absolute Gasteiger partial charge is 0.457 e. The second-order valence-corrected chi connectivity index (χ2v) is 13.0. The zero-order valence-corrected chi connectivity index (χ0v) is 23.1. The molecule has 8 atom stereocenters. The second-order valence-electron chi connectivity index (χ2n) is 13.0. The molecule has 5 aliphatic rings. The molecule has 204 valence electrons. The van der Waals surface area contributed by atoms with Gasteiger partial charge in [0.25, 0.3) is 0 Å². The molecule has 3 saturated carbocycles. The first kappa shape index (κ1) is 25.2. The highest BCUT2D eigenvalue weighted by Crippen LogP contribution is 2.58. The number of hydrogen-bond donors (Lipinski definition) is 1. The van der Waals surface area contributed by atoms with Gasteiger partial charge in [-0.2, -0.15) is 0 Å². The Morgan fingerprint density at radius 3 is 2.56 bits per heavy atom. The predicted octanol–water partition coefficient (Wildman–Crippen LogP) is 8.48. The third-order valence-electron chi connectivity index (χ3n) is 11.1. The molecule has 0 aliphatic heterocycles. The van der Waals surface area contributed by atoms with Crippen LogP contribution in [0.2, 0.25) is 0 Å². The van der Waals surface area contributed by atoms with Crippen molar-refractivity contribution in [2.24, 2.45) is 47.3 Å². The Balaban J connectivity index is 1.01. The topological polar surface area (TPSA) is 38.3 Å². The van der Waals surface area contributed by atoms with Crippen LogP contribution >= 0.6 is 0 Å². The van der Waals surface area contributed by atoms with Gasteiger partial charge in [-0.3, -0.25) is 4.79 Å². The van der Waals surface area contributed by atoms with Crippen LogP contribution in [0.4, 0.5) is 0 Å². The molecule has 8 unspecified atom stereocenters. The van der Waals surface area contributed by atoms with Crippen molar-refractivity contribution in [3.8, 4) is 11.5 Å². The SMILES string of the molecule is O=C(NCc1ccccc1Oc1ccccc1)C1CCC2CCC3C4CCC5CCC=CC5C4=CCC3C2C1. The molecule has 0 radical (unpaired) electrons. The molecule has 3 fully saturated rings. The van der Waals surface area contributed by atoms with Crippen LogP contribution in [-0.4, -0.2) is 5.91 Å². The fourth-order valence-electron chi connectivity index (χ4n) is 9.29. The van der Waals surface area contributed by atoms with Crippen molar-refractivity contribution in [1.82, 2.24) is 5.32 Å².